The van der Waals surface area contributed by atoms with Crippen LogP contribution in [0.15, 0.2) is 0 Å². The Morgan fingerprint density at radius 3 is 2.50 bits per heavy atom. The molecular weight excluding hydrogens is 230 g/mol. The van der Waals surface area contributed by atoms with Crippen LogP contribution in [0.25, 0.3) is 0 Å². The summed E-state index contributed by atoms with van der Waals surface area (Å²) in [5.74, 6) is -0.117. The molecule has 2 rings (SSSR count). The van der Waals surface area contributed by atoms with Gasteiger partial charge in [0.05, 0.1) is 0 Å². The molecule has 0 saturated heterocycles. The molecule has 0 aromatic rings. The van der Waals surface area contributed by atoms with Gasteiger partial charge in [0, 0.05) is 31.8 Å². The van der Waals surface area contributed by atoms with E-state index in [-0.39, 0.29) is 35.7 Å². The van der Waals surface area contributed by atoms with E-state index in [4.69, 9.17) is 0 Å². The Bertz CT molecular complexity index is 400. The highest BCUT2D eigenvalue weighted by Gasteiger charge is 2.60. The lowest BCUT2D eigenvalue weighted by Crippen LogP contribution is -2.48. The fourth-order valence-electron chi connectivity index (χ4n) is 3.57. The summed E-state index contributed by atoms with van der Waals surface area (Å²) in [6.45, 7) is 6.87. The van der Waals surface area contributed by atoms with Gasteiger partial charge in [-0.25, -0.2) is 0 Å². The molecular formula is C14H21NO3. The fourth-order valence-corrected chi connectivity index (χ4v) is 3.57. The summed E-state index contributed by atoms with van der Waals surface area (Å²) in [6, 6.07) is 0. The van der Waals surface area contributed by atoms with Gasteiger partial charge in [0.2, 0.25) is 5.91 Å². The van der Waals surface area contributed by atoms with E-state index >= 15 is 0 Å². The SMILES string of the molecule is CCN(CC)C(=O)C12CC(=O)CC(C1)C(C)C2=O. The molecule has 2 aliphatic rings. The molecule has 0 N–H and O–H groups in total. The van der Waals surface area contributed by atoms with Crippen molar-refractivity contribution in [2.75, 3.05) is 13.1 Å². The van der Waals surface area contributed by atoms with Crippen molar-refractivity contribution in [3.05, 3.63) is 0 Å². The van der Waals surface area contributed by atoms with Crippen LogP contribution in [0.2, 0.25) is 0 Å². The molecule has 18 heavy (non-hydrogen) atoms. The molecule has 2 saturated carbocycles. The van der Waals surface area contributed by atoms with Gasteiger partial charge in [-0.05, 0) is 26.2 Å². The number of amides is 1. The third-order valence-electron chi connectivity index (χ3n) is 4.65. The second-order valence-electron chi connectivity index (χ2n) is 5.60. The van der Waals surface area contributed by atoms with Crippen molar-refractivity contribution >= 4 is 17.5 Å². The summed E-state index contributed by atoms with van der Waals surface area (Å²) in [4.78, 5) is 38.5. The van der Waals surface area contributed by atoms with E-state index in [0.717, 1.165) is 0 Å². The third kappa shape index (κ3) is 1.70. The Hall–Kier alpha value is -1.19. The van der Waals surface area contributed by atoms with Gasteiger partial charge in [-0.15, -0.1) is 0 Å². The molecule has 100 valence electrons. The van der Waals surface area contributed by atoms with Crippen LogP contribution in [0, 0.1) is 17.3 Å². The third-order valence-corrected chi connectivity index (χ3v) is 4.65. The average molecular weight is 251 g/mol. The molecule has 4 nitrogen and oxygen atoms in total. The molecule has 2 bridgehead atoms. The zero-order chi connectivity index (χ0) is 13.5. The van der Waals surface area contributed by atoms with E-state index in [0.29, 0.717) is 25.9 Å². The number of ketones is 2. The summed E-state index contributed by atoms with van der Waals surface area (Å²) in [7, 11) is 0. The lowest BCUT2D eigenvalue weighted by atomic mass is 9.73. The highest BCUT2D eigenvalue weighted by Crippen LogP contribution is 2.51. The number of nitrogens with zero attached hydrogens (tertiary/aromatic N) is 1. The molecule has 3 atom stereocenters. The van der Waals surface area contributed by atoms with E-state index in [1.807, 2.05) is 20.8 Å². The van der Waals surface area contributed by atoms with Gasteiger partial charge in [-0.2, -0.15) is 0 Å². The first-order valence-corrected chi connectivity index (χ1v) is 6.81. The van der Waals surface area contributed by atoms with Crippen molar-refractivity contribution in [3.8, 4) is 0 Å². The first-order chi connectivity index (χ1) is 8.46. The Kier molecular flexibility index (Phi) is 3.30. The summed E-state index contributed by atoms with van der Waals surface area (Å²) in [5.41, 5.74) is -1.02. The molecule has 0 aromatic heterocycles. The second kappa shape index (κ2) is 4.48. The van der Waals surface area contributed by atoms with E-state index in [2.05, 4.69) is 0 Å². The van der Waals surface area contributed by atoms with Crippen LogP contribution in [0.4, 0.5) is 0 Å². The molecule has 0 aromatic carbocycles. The smallest absolute Gasteiger partial charge is 0.236 e. The number of Topliss-reactive ketones (excluding diaryl/α,β-unsaturated/α-hetero) is 2. The second-order valence-corrected chi connectivity index (χ2v) is 5.60. The van der Waals surface area contributed by atoms with Crippen LogP contribution in [0.5, 0.6) is 0 Å². The van der Waals surface area contributed by atoms with Gasteiger partial charge >= 0.3 is 0 Å². The number of carbonyl (C=O) groups excluding carboxylic acids is 3. The highest BCUT2D eigenvalue weighted by molar-refractivity contribution is 6.12. The van der Waals surface area contributed by atoms with Crippen LogP contribution in [0.3, 0.4) is 0 Å². The molecule has 0 radical (unpaired) electrons. The minimum atomic E-state index is -1.02. The number of hydrogen-bond acceptors (Lipinski definition) is 3. The molecule has 0 spiro atoms. The first-order valence-electron chi connectivity index (χ1n) is 6.81. The number of hydrogen-bond donors (Lipinski definition) is 0. The number of fused-ring (bicyclic) bond motifs is 2. The topological polar surface area (TPSA) is 54.5 Å². The summed E-state index contributed by atoms with van der Waals surface area (Å²) >= 11 is 0. The summed E-state index contributed by atoms with van der Waals surface area (Å²) in [6.07, 6.45) is 1.18. The standard InChI is InChI=1S/C14H21NO3/c1-4-15(5-2)13(18)14-7-10(6-11(16)8-14)9(3)12(14)17/h9-10H,4-8H2,1-3H3. The van der Waals surface area contributed by atoms with Crippen molar-refractivity contribution in [2.24, 2.45) is 17.3 Å². The zero-order valence-corrected chi connectivity index (χ0v) is 11.4. The lowest BCUT2D eigenvalue weighted by Gasteiger charge is -2.34. The molecule has 2 aliphatic carbocycles. The van der Waals surface area contributed by atoms with Gasteiger partial charge in [0.25, 0.3) is 0 Å². The summed E-state index contributed by atoms with van der Waals surface area (Å²) < 4.78 is 0. The predicted octanol–water partition coefficient (Wildman–Crippen LogP) is 1.43. The monoisotopic (exact) mass is 251 g/mol. The van der Waals surface area contributed by atoms with Crippen LogP contribution >= 0.6 is 0 Å². The fraction of sp³-hybridized carbons (Fsp3) is 0.786. The number of rotatable bonds is 3. The number of carbonyl (C=O) groups is 3. The Morgan fingerprint density at radius 2 is 1.94 bits per heavy atom. The van der Waals surface area contributed by atoms with Gasteiger partial charge in [0.15, 0.2) is 5.78 Å². The van der Waals surface area contributed by atoms with Crippen molar-refractivity contribution in [2.45, 2.75) is 40.0 Å². The Labute approximate surface area is 108 Å². The average Bonchev–Trinajstić information content (AvgIpc) is 2.53. The quantitative estimate of drug-likeness (QED) is 0.713. The van der Waals surface area contributed by atoms with E-state index in [9.17, 15) is 14.4 Å². The van der Waals surface area contributed by atoms with E-state index in [1.54, 1.807) is 4.90 Å². The molecule has 0 aliphatic heterocycles. The van der Waals surface area contributed by atoms with E-state index in [1.165, 1.54) is 0 Å². The summed E-state index contributed by atoms with van der Waals surface area (Å²) in [5, 5.41) is 0. The minimum absolute atomic E-state index is 0.00440. The Morgan fingerprint density at radius 1 is 1.33 bits per heavy atom. The largest absolute Gasteiger partial charge is 0.342 e. The molecule has 0 heterocycles. The maximum absolute atomic E-state index is 12.6. The van der Waals surface area contributed by atoms with E-state index < -0.39 is 5.41 Å². The van der Waals surface area contributed by atoms with Crippen LogP contribution < -0.4 is 0 Å². The van der Waals surface area contributed by atoms with Gasteiger partial charge < -0.3 is 4.90 Å². The van der Waals surface area contributed by atoms with Crippen LogP contribution in [-0.4, -0.2) is 35.5 Å². The predicted molar refractivity (Wildman–Crippen MR) is 66.9 cm³/mol. The molecule has 3 unspecified atom stereocenters. The van der Waals surface area contributed by atoms with Crippen molar-refractivity contribution < 1.29 is 14.4 Å². The Balaban J connectivity index is 2.36. The van der Waals surface area contributed by atoms with Crippen molar-refractivity contribution in [1.82, 2.24) is 4.90 Å². The molecule has 2 fully saturated rings. The highest BCUT2D eigenvalue weighted by atomic mass is 16.2. The first kappa shape index (κ1) is 13.2. The normalized spacial score (nSPS) is 34.8. The maximum atomic E-state index is 12.6. The van der Waals surface area contributed by atoms with Crippen LogP contribution in [0.1, 0.15) is 40.0 Å². The lowest BCUT2D eigenvalue weighted by molar-refractivity contribution is -0.152. The minimum Gasteiger partial charge on any atom is -0.342 e. The van der Waals surface area contributed by atoms with Crippen LogP contribution in [-0.2, 0) is 14.4 Å². The molecule has 4 heteroatoms. The molecule has 1 amide bonds. The van der Waals surface area contributed by atoms with Gasteiger partial charge in [-0.1, -0.05) is 6.92 Å². The zero-order valence-electron chi connectivity index (χ0n) is 11.4. The van der Waals surface area contributed by atoms with Gasteiger partial charge in [0.1, 0.15) is 11.2 Å². The van der Waals surface area contributed by atoms with Gasteiger partial charge in [-0.3, -0.25) is 14.4 Å². The van der Waals surface area contributed by atoms with Crippen molar-refractivity contribution in [1.29, 1.82) is 0 Å². The maximum Gasteiger partial charge on any atom is 0.236 e. The van der Waals surface area contributed by atoms with Crippen molar-refractivity contribution in [3.63, 3.8) is 0 Å².